The second kappa shape index (κ2) is 6.41. The van der Waals surface area contributed by atoms with Crippen LogP contribution in [0.2, 0.25) is 0 Å². The van der Waals surface area contributed by atoms with Gasteiger partial charge in [-0.3, -0.25) is 4.79 Å². The van der Waals surface area contributed by atoms with Gasteiger partial charge in [-0.05, 0) is 49.1 Å². The van der Waals surface area contributed by atoms with E-state index in [4.69, 9.17) is 5.11 Å². The molecule has 0 spiro atoms. The molecule has 128 valence electrons. The molecule has 1 atom stereocenters. The Balaban J connectivity index is 1.79. The second-order valence-corrected chi connectivity index (χ2v) is 7.83. The van der Waals surface area contributed by atoms with Crippen molar-refractivity contribution in [3.63, 3.8) is 0 Å². The van der Waals surface area contributed by atoms with Crippen molar-refractivity contribution in [3.8, 4) is 11.1 Å². The fraction of sp³-hybridized carbons (Fsp3) is 0.200. The summed E-state index contributed by atoms with van der Waals surface area (Å²) < 4.78 is -0.619. The molecule has 0 bridgehead atoms. The fourth-order valence-corrected chi connectivity index (χ4v) is 4.10. The number of aliphatic hydroxyl groups is 1. The van der Waals surface area contributed by atoms with E-state index < -0.39 is 10.7 Å². The Morgan fingerprint density at radius 2 is 1.56 bits per heavy atom. The predicted molar refractivity (Wildman–Crippen MR) is 98.9 cm³/mol. The number of carboxylic acid groups (broad SMARTS) is 1. The van der Waals surface area contributed by atoms with Gasteiger partial charge in [0.15, 0.2) is 0 Å². The predicted octanol–water partition coefficient (Wildman–Crippen LogP) is 4.46. The third kappa shape index (κ3) is 3.33. The Morgan fingerprint density at radius 3 is 2.00 bits per heavy atom. The number of aliphatic hydroxyl groups excluding tert-OH is 1. The highest BCUT2D eigenvalue weighted by Crippen LogP contribution is 2.44. The van der Waals surface area contributed by atoms with Crippen LogP contribution in [0.1, 0.15) is 29.8 Å². The largest absolute Gasteiger partial charge is 0.510 e. The standard InChI is InChI=1S/C20H18O4S/c1-12-17(21)20(2,25-19(12)24)11-13-3-5-14(6-4-13)15-7-9-16(10-8-15)18(22)23/h3-10,21H,11H2,1-2H3,(H,22,23). The molecule has 1 aliphatic rings. The van der Waals surface area contributed by atoms with Crippen molar-refractivity contribution in [2.45, 2.75) is 25.0 Å². The van der Waals surface area contributed by atoms with E-state index in [0.717, 1.165) is 16.7 Å². The van der Waals surface area contributed by atoms with Gasteiger partial charge in [0, 0.05) is 5.57 Å². The molecule has 1 heterocycles. The van der Waals surface area contributed by atoms with Crippen molar-refractivity contribution in [3.05, 3.63) is 71.0 Å². The van der Waals surface area contributed by atoms with Gasteiger partial charge in [0.2, 0.25) is 5.12 Å². The third-order valence-electron chi connectivity index (χ3n) is 4.44. The van der Waals surface area contributed by atoms with Gasteiger partial charge < -0.3 is 10.2 Å². The summed E-state index contributed by atoms with van der Waals surface area (Å²) >= 11 is 1.17. The molecule has 0 aliphatic carbocycles. The van der Waals surface area contributed by atoms with E-state index >= 15 is 0 Å². The maximum Gasteiger partial charge on any atom is 0.335 e. The summed E-state index contributed by atoms with van der Waals surface area (Å²) in [5.41, 5.74) is 3.63. The monoisotopic (exact) mass is 354 g/mol. The number of aromatic carboxylic acids is 1. The first-order valence-electron chi connectivity index (χ1n) is 7.86. The van der Waals surface area contributed by atoms with Crippen molar-refractivity contribution in [2.24, 2.45) is 0 Å². The van der Waals surface area contributed by atoms with Gasteiger partial charge in [-0.1, -0.05) is 48.2 Å². The zero-order valence-electron chi connectivity index (χ0n) is 13.9. The zero-order chi connectivity index (χ0) is 18.2. The molecule has 0 amide bonds. The average molecular weight is 354 g/mol. The SMILES string of the molecule is CC1=C(O)C(C)(Cc2ccc(-c3ccc(C(=O)O)cc3)cc2)SC1=O. The van der Waals surface area contributed by atoms with Gasteiger partial charge in [0.1, 0.15) is 5.76 Å². The molecular weight excluding hydrogens is 336 g/mol. The van der Waals surface area contributed by atoms with E-state index in [9.17, 15) is 14.7 Å². The van der Waals surface area contributed by atoms with Crippen molar-refractivity contribution in [1.29, 1.82) is 0 Å². The highest BCUT2D eigenvalue weighted by molar-refractivity contribution is 8.15. The van der Waals surface area contributed by atoms with E-state index in [2.05, 4.69) is 0 Å². The van der Waals surface area contributed by atoms with Gasteiger partial charge >= 0.3 is 5.97 Å². The molecule has 0 saturated heterocycles. The maximum atomic E-state index is 11.8. The van der Waals surface area contributed by atoms with Crippen LogP contribution in [0.4, 0.5) is 0 Å². The number of hydrogen-bond donors (Lipinski definition) is 2. The summed E-state index contributed by atoms with van der Waals surface area (Å²) in [4.78, 5) is 22.7. The average Bonchev–Trinajstić information content (AvgIpc) is 2.78. The Morgan fingerprint density at radius 1 is 1.04 bits per heavy atom. The van der Waals surface area contributed by atoms with Gasteiger partial charge in [0.05, 0.1) is 10.3 Å². The highest BCUT2D eigenvalue weighted by atomic mass is 32.2. The molecule has 5 heteroatoms. The van der Waals surface area contributed by atoms with Gasteiger partial charge in [-0.15, -0.1) is 0 Å². The lowest BCUT2D eigenvalue weighted by Gasteiger charge is -2.22. The summed E-state index contributed by atoms with van der Waals surface area (Å²) in [6.07, 6.45) is 0.560. The summed E-state index contributed by atoms with van der Waals surface area (Å²) in [6.45, 7) is 3.53. The summed E-state index contributed by atoms with van der Waals surface area (Å²) in [5, 5.41) is 19.1. The molecule has 0 fully saturated rings. The van der Waals surface area contributed by atoms with Crippen LogP contribution in [0.15, 0.2) is 59.9 Å². The van der Waals surface area contributed by atoms with Gasteiger partial charge in [-0.2, -0.15) is 0 Å². The molecule has 0 radical (unpaired) electrons. The molecule has 2 aromatic rings. The smallest absolute Gasteiger partial charge is 0.335 e. The first-order valence-corrected chi connectivity index (χ1v) is 8.68. The quantitative estimate of drug-likeness (QED) is 0.848. The van der Waals surface area contributed by atoms with Gasteiger partial charge in [0.25, 0.3) is 0 Å². The van der Waals surface area contributed by atoms with E-state index in [1.165, 1.54) is 11.8 Å². The maximum absolute atomic E-state index is 11.8. The van der Waals surface area contributed by atoms with E-state index in [0.29, 0.717) is 12.0 Å². The number of thioether (sulfide) groups is 1. The number of carboxylic acids is 1. The molecule has 25 heavy (non-hydrogen) atoms. The van der Waals surface area contributed by atoms with Crippen molar-refractivity contribution < 1.29 is 19.8 Å². The Kier molecular flexibility index (Phi) is 4.43. The van der Waals surface area contributed by atoms with E-state index in [1.54, 1.807) is 31.2 Å². The Labute approximate surface area is 150 Å². The number of hydrogen-bond acceptors (Lipinski definition) is 4. The van der Waals surface area contributed by atoms with Crippen LogP contribution in [0.5, 0.6) is 0 Å². The van der Waals surface area contributed by atoms with Crippen LogP contribution in [0.25, 0.3) is 11.1 Å². The number of rotatable bonds is 4. The molecule has 3 rings (SSSR count). The lowest BCUT2D eigenvalue weighted by molar-refractivity contribution is -0.107. The van der Waals surface area contributed by atoms with Crippen LogP contribution >= 0.6 is 11.8 Å². The number of carbonyl (C=O) groups excluding carboxylic acids is 1. The first kappa shape index (κ1) is 17.3. The highest BCUT2D eigenvalue weighted by Gasteiger charge is 2.41. The molecule has 1 aliphatic heterocycles. The first-order chi connectivity index (χ1) is 11.8. The fourth-order valence-electron chi connectivity index (χ4n) is 2.95. The van der Waals surface area contributed by atoms with Crippen molar-refractivity contribution >= 4 is 22.8 Å². The lowest BCUT2D eigenvalue weighted by Crippen LogP contribution is -2.23. The zero-order valence-corrected chi connectivity index (χ0v) is 14.8. The van der Waals surface area contributed by atoms with Crippen LogP contribution in [0.3, 0.4) is 0 Å². The van der Waals surface area contributed by atoms with E-state index in [-0.39, 0.29) is 16.4 Å². The van der Waals surface area contributed by atoms with E-state index in [1.807, 2.05) is 31.2 Å². The molecule has 0 saturated carbocycles. The minimum atomic E-state index is -0.943. The minimum absolute atomic E-state index is 0.0739. The Bertz CT molecular complexity index is 866. The summed E-state index contributed by atoms with van der Waals surface area (Å²) in [6, 6.07) is 14.6. The second-order valence-electron chi connectivity index (χ2n) is 6.35. The van der Waals surface area contributed by atoms with Crippen molar-refractivity contribution in [1.82, 2.24) is 0 Å². The van der Waals surface area contributed by atoms with Crippen LogP contribution < -0.4 is 0 Å². The van der Waals surface area contributed by atoms with Crippen LogP contribution in [-0.2, 0) is 11.2 Å². The summed E-state index contributed by atoms with van der Waals surface area (Å²) in [5.74, 6) is -0.780. The molecule has 2 N–H and O–H groups in total. The number of carbonyl (C=O) groups is 2. The van der Waals surface area contributed by atoms with Crippen molar-refractivity contribution in [2.75, 3.05) is 0 Å². The summed E-state index contributed by atoms with van der Waals surface area (Å²) in [7, 11) is 0. The normalized spacial score (nSPS) is 20.2. The van der Waals surface area contributed by atoms with Gasteiger partial charge in [-0.25, -0.2) is 4.79 Å². The third-order valence-corrected chi connectivity index (χ3v) is 5.72. The molecule has 4 nitrogen and oxygen atoms in total. The topological polar surface area (TPSA) is 74.6 Å². The minimum Gasteiger partial charge on any atom is -0.510 e. The molecule has 2 aromatic carbocycles. The molecular formula is C20H18O4S. The lowest BCUT2D eigenvalue weighted by atomic mass is 9.95. The van der Waals surface area contributed by atoms with Crippen LogP contribution in [0, 0.1) is 0 Å². The molecule has 1 unspecified atom stereocenters. The molecule has 0 aromatic heterocycles. The number of benzene rings is 2. The Hall–Kier alpha value is -2.53. The van der Waals surface area contributed by atoms with Crippen LogP contribution in [-0.4, -0.2) is 26.0 Å².